The quantitative estimate of drug-likeness (QED) is 0.102. The number of Topliss-reactive ketones (excluding diaryl/α,β-unsaturated/α-hetero) is 1. The van der Waals surface area contributed by atoms with Crippen LogP contribution in [0.4, 0.5) is 8.78 Å². The van der Waals surface area contributed by atoms with Crippen LogP contribution in [0, 0.1) is 34.3 Å². The molecule has 12 nitrogen and oxygen atoms in total. The number of carbonyl (C=O) groups excluding carboxylic acids is 3. The Morgan fingerprint density at radius 3 is 2.34 bits per heavy atom. The van der Waals surface area contributed by atoms with Crippen molar-refractivity contribution < 1.29 is 45.5 Å². The van der Waals surface area contributed by atoms with Crippen molar-refractivity contribution in [1.82, 2.24) is 19.6 Å². The van der Waals surface area contributed by atoms with Crippen molar-refractivity contribution in [3.8, 4) is 23.0 Å². The molecule has 326 valence electrons. The summed E-state index contributed by atoms with van der Waals surface area (Å²) in [4.78, 5) is 54.5. The van der Waals surface area contributed by atoms with Crippen LogP contribution >= 0.6 is 0 Å². The van der Waals surface area contributed by atoms with E-state index in [0.29, 0.717) is 40.6 Å². The minimum atomic E-state index is -3.91. The van der Waals surface area contributed by atoms with Crippen molar-refractivity contribution in [3.05, 3.63) is 96.6 Å². The molecule has 5 aromatic rings. The second-order valence-corrected chi connectivity index (χ2v) is 20.2. The molecule has 3 fully saturated rings. The summed E-state index contributed by atoms with van der Waals surface area (Å²) in [6.07, 6.45) is 1.75. The molecular formula is C47H50F2N4O8S. The lowest BCUT2D eigenvalue weighted by molar-refractivity contribution is -0.144. The number of hydrogen-bond acceptors (Lipinski definition) is 10. The zero-order valence-electron chi connectivity index (χ0n) is 35.3. The van der Waals surface area contributed by atoms with Gasteiger partial charge in [0.05, 0.1) is 29.4 Å². The molecule has 3 heterocycles. The number of fused-ring (bicyclic) bond motifs is 3. The number of sulfonamides is 1. The molecule has 8 rings (SSSR count). The molecule has 0 spiro atoms. The van der Waals surface area contributed by atoms with Crippen molar-refractivity contribution in [2.45, 2.75) is 96.6 Å². The van der Waals surface area contributed by atoms with Crippen molar-refractivity contribution in [1.29, 1.82) is 0 Å². The van der Waals surface area contributed by atoms with E-state index < -0.39 is 73.4 Å². The van der Waals surface area contributed by atoms with Crippen LogP contribution in [0.3, 0.4) is 0 Å². The van der Waals surface area contributed by atoms with Gasteiger partial charge in [-0.15, -0.1) is 6.58 Å². The lowest BCUT2D eigenvalue weighted by atomic mass is 9.76. The first kappa shape index (κ1) is 43.0. The summed E-state index contributed by atoms with van der Waals surface area (Å²) in [5, 5.41) is -0.249. The van der Waals surface area contributed by atoms with Crippen LogP contribution in [-0.4, -0.2) is 70.9 Å². The number of ether oxygens (including phenoxy) is 2. The van der Waals surface area contributed by atoms with Crippen LogP contribution in [0.1, 0.15) is 72.3 Å². The molecule has 1 N–H and O–H groups in total. The average Bonchev–Trinajstić information content (AvgIpc) is 4.12. The van der Waals surface area contributed by atoms with Crippen molar-refractivity contribution in [2.75, 3.05) is 6.54 Å². The molecule has 15 heteroatoms. The Morgan fingerprint density at radius 2 is 1.71 bits per heavy atom. The Bertz CT molecular complexity index is 2670. The van der Waals surface area contributed by atoms with E-state index in [1.165, 1.54) is 35.2 Å². The number of amides is 2. The fourth-order valence-corrected chi connectivity index (χ4v) is 9.86. The highest BCUT2D eigenvalue weighted by molar-refractivity contribution is 7.90. The van der Waals surface area contributed by atoms with Gasteiger partial charge >= 0.3 is 0 Å². The van der Waals surface area contributed by atoms with E-state index in [1.54, 1.807) is 42.5 Å². The maximum atomic E-state index is 15.0. The molecule has 0 bridgehead atoms. The van der Waals surface area contributed by atoms with Crippen LogP contribution in [0.25, 0.3) is 33.5 Å². The topological polar surface area (TPSA) is 158 Å². The molecule has 2 amide bonds. The van der Waals surface area contributed by atoms with Gasteiger partial charge in [-0.3, -0.25) is 19.1 Å². The zero-order chi connectivity index (χ0) is 44.3. The number of nitrogens with zero attached hydrogens (tertiary/aromatic N) is 3. The minimum Gasteiger partial charge on any atom is -0.491 e. The highest BCUT2D eigenvalue weighted by Crippen LogP contribution is 2.57. The molecule has 2 saturated carbocycles. The fourth-order valence-electron chi connectivity index (χ4n) is 8.47. The van der Waals surface area contributed by atoms with Gasteiger partial charge in [-0.25, -0.2) is 22.2 Å². The van der Waals surface area contributed by atoms with E-state index in [-0.39, 0.29) is 61.5 Å². The summed E-state index contributed by atoms with van der Waals surface area (Å²) in [7, 11) is -3.91. The molecule has 5 atom stereocenters. The molecule has 62 heavy (non-hydrogen) atoms. The number of ketones is 1. The van der Waals surface area contributed by atoms with Gasteiger partial charge in [-0.2, -0.15) is 4.98 Å². The summed E-state index contributed by atoms with van der Waals surface area (Å²) in [6.45, 7) is 13.4. The Balaban J connectivity index is 1.15. The van der Waals surface area contributed by atoms with Crippen LogP contribution in [0.15, 0.2) is 83.8 Å². The number of aromatic nitrogens is 2. The third-order valence-corrected chi connectivity index (χ3v) is 14.0. The van der Waals surface area contributed by atoms with E-state index in [9.17, 15) is 31.6 Å². The Hall–Kier alpha value is -5.70. The zero-order valence-corrected chi connectivity index (χ0v) is 36.1. The van der Waals surface area contributed by atoms with Gasteiger partial charge in [-0.1, -0.05) is 39.0 Å². The molecule has 2 aliphatic carbocycles. The van der Waals surface area contributed by atoms with Gasteiger partial charge in [0.15, 0.2) is 11.6 Å². The summed E-state index contributed by atoms with van der Waals surface area (Å²) in [5.74, 6) is -2.64. The molecule has 2 aromatic heterocycles. The summed E-state index contributed by atoms with van der Waals surface area (Å²) in [5.41, 5.74) is 0.159. The molecule has 3 aliphatic rings. The largest absolute Gasteiger partial charge is 0.491 e. The number of hydrogen-bond donors (Lipinski definition) is 1. The lowest BCUT2D eigenvalue weighted by Crippen LogP contribution is -2.48. The van der Waals surface area contributed by atoms with E-state index in [4.69, 9.17) is 23.9 Å². The van der Waals surface area contributed by atoms with Gasteiger partial charge in [-0.05, 0) is 111 Å². The van der Waals surface area contributed by atoms with E-state index >= 15 is 0 Å². The second-order valence-electron chi connectivity index (χ2n) is 18.2. The number of benzene rings is 3. The first-order valence-corrected chi connectivity index (χ1v) is 22.5. The summed E-state index contributed by atoms with van der Waals surface area (Å²) >= 11 is 0. The van der Waals surface area contributed by atoms with Crippen molar-refractivity contribution in [2.24, 2.45) is 22.7 Å². The third-order valence-electron chi connectivity index (χ3n) is 12.2. The number of likely N-dealkylation sites (tertiary alicyclic amines) is 1. The number of carbonyl (C=O) groups is 3. The molecule has 1 saturated heterocycles. The van der Waals surface area contributed by atoms with Crippen LogP contribution in [-0.2, 0) is 30.8 Å². The minimum absolute atomic E-state index is 0.00569. The normalized spacial score (nSPS) is 21.9. The number of halogens is 2. The highest BCUT2D eigenvalue weighted by atomic mass is 32.2. The molecular weight excluding hydrogens is 819 g/mol. The maximum Gasteiger partial charge on any atom is 0.262 e. The molecule has 3 aromatic carbocycles. The van der Waals surface area contributed by atoms with Crippen molar-refractivity contribution in [3.63, 3.8) is 0 Å². The maximum absolute atomic E-state index is 15.0. The lowest BCUT2D eigenvalue weighted by Gasteiger charge is -2.35. The van der Waals surface area contributed by atoms with E-state index in [1.807, 2.05) is 34.6 Å². The Labute approximate surface area is 359 Å². The molecule has 0 unspecified atom stereocenters. The number of rotatable bonds is 15. The monoisotopic (exact) mass is 868 g/mol. The SMILES string of the molecule is C=C[C@@H]1C[C@]1(CC(=O)[C@@H]1C[C@@H](Oc2nc(-c3ccc(OC(C)C)cc3)nc3c2oc2ccc(F)cc23)CN1C(=O)[C@@H](Cc1ccc(F)cc1)C(C)(C)C)C(=O)NS(=O)(=O)C1CC1. The Kier molecular flexibility index (Phi) is 11.2. The fraction of sp³-hybridized carbons (Fsp3) is 0.426. The van der Waals surface area contributed by atoms with Crippen LogP contribution in [0.2, 0.25) is 0 Å². The highest BCUT2D eigenvalue weighted by Gasteiger charge is 2.61. The predicted octanol–water partition coefficient (Wildman–Crippen LogP) is 8.12. The van der Waals surface area contributed by atoms with Crippen LogP contribution < -0.4 is 14.2 Å². The summed E-state index contributed by atoms with van der Waals surface area (Å²) in [6, 6.07) is 16.1. The Morgan fingerprint density at radius 1 is 1.02 bits per heavy atom. The third kappa shape index (κ3) is 8.68. The first-order chi connectivity index (χ1) is 29.3. The van der Waals surface area contributed by atoms with Gasteiger partial charge in [0, 0.05) is 29.7 Å². The van der Waals surface area contributed by atoms with Gasteiger partial charge in [0.2, 0.25) is 27.4 Å². The second kappa shape index (κ2) is 16.2. The van der Waals surface area contributed by atoms with Gasteiger partial charge in [0.1, 0.15) is 34.6 Å². The molecule has 1 aliphatic heterocycles. The van der Waals surface area contributed by atoms with E-state index in [2.05, 4.69) is 11.3 Å². The number of nitrogens with one attached hydrogen (secondary N) is 1. The van der Waals surface area contributed by atoms with Crippen LogP contribution in [0.5, 0.6) is 11.6 Å². The van der Waals surface area contributed by atoms with E-state index in [0.717, 1.165) is 5.56 Å². The van der Waals surface area contributed by atoms with Crippen molar-refractivity contribution >= 4 is 49.7 Å². The summed E-state index contributed by atoms with van der Waals surface area (Å²) < 4.78 is 75.2. The predicted molar refractivity (Wildman–Crippen MR) is 228 cm³/mol. The average molecular weight is 869 g/mol. The van der Waals surface area contributed by atoms with Gasteiger partial charge < -0.3 is 18.8 Å². The number of allylic oxidation sites excluding steroid dienone is 1. The number of furan rings is 1. The van der Waals surface area contributed by atoms with Gasteiger partial charge in [0.25, 0.3) is 5.88 Å². The first-order valence-electron chi connectivity index (χ1n) is 20.9. The smallest absolute Gasteiger partial charge is 0.262 e. The molecule has 0 radical (unpaired) electrons. The standard InChI is InChI=1S/C47H50F2N4O8S/c1-7-29-23-47(29,45(56)52-62(57,58)34-17-18-34)24-38(54)37-22-33(25-53(37)44(55)36(46(4,5)6)20-27-8-12-30(48)13-9-27)60-43-41-40(35-21-31(49)14-19-39(35)61-41)50-42(51-43)28-10-15-32(16-11-28)59-26(2)3/h7-16,19,21,26,29,33-34,36-37H,1,17-18,20,22-25H2,2-6H3,(H,52,56)/t29-,33-,36-,37+,47-/m1/s1.